The molecule has 0 spiro atoms. The predicted octanol–water partition coefficient (Wildman–Crippen LogP) is 2.23. The Bertz CT molecular complexity index is 648. The van der Waals surface area contributed by atoms with E-state index in [1.54, 1.807) is 9.80 Å². The van der Waals surface area contributed by atoms with Gasteiger partial charge in [0.2, 0.25) is 5.91 Å². The summed E-state index contributed by atoms with van der Waals surface area (Å²) in [6, 6.07) is 5.92. The number of piperazine rings is 1. The molecule has 136 valence electrons. The number of amides is 3. The van der Waals surface area contributed by atoms with Gasteiger partial charge in [0.25, 0.3) is 0 Å². The van der Waals surface area contributed by atoms with Gasteiger partial charge in [-0.05, 0) is 56.9 Å². The fourth-order valence-electron chi connectivity index (χ4n) is 3.58. The summed E-state index contributed by atoms with van der Waals surface area (Å²) in [5.41, 5.74) is 2.90. The lowest BCUT2D eigenvalue weighted by atomic mass is 10.0. The van der Waals surface area contributed by atoms with Crippen LogP contribution in [-0.4, -0.2) is 55.2 Å². The van der Waals surface area contributed by atoms with Crippen molar-refractivity contribution in [3.05, 3.63) is 29.3 Å². The SMILES string of the molecule is Cc1cc(C)cc(N2CCN(C(=O)NC[C@@]3(C)CCCO3)CC2=O)c1. The van der Waals surface area contributed by atoms with Crippen LogP contribution >= 0.6 is 0 Å². The van der Waals surface area contributed by atoms with E-state index >= 15 is 0 Å². The van der Waals surface area contributed by atoms with Crippen molar-refractivity contribution in [2.24, 2.45) is 0 Å². The molecule has 25 heavy (non-hydrogen) atoms. The van der Waals surface area contributed by atoms with Gasteiger partial charge in [0.1, 0.15) is 6.54 Å². The molecule has 0 aliphatic carbocycles. The molecule has 0 unspecified atom stereocenters. The van der Waals surface area contributed by atoms with Crippen LogP contribution in [0.4, 0.5) is 10.5 Å². The highest BCUT2D eigenvalue weighted by molar-refractivity contribution is 5.97. The van der Waals surface area contributed by atoms with Gasteiger partial charge in [0.05, 0.1) is 5.60 Å². The first kappa shape index (κ1) is 17.7. The second-order valence-electron chi connectivity index (χ2n) is 7.37. The molecule has 1 atom stereocenters. The summed E-state index contributed by atoms with van der Waals surface area (Å²) in [7, 11) is 0. The fraction of sp³-hybridized carbons (Fsp3) is 0.579. The second kappa shape index (κ2) is 7.04. The molecule has 3 amide bonds. The average molecular weight is 345 g/mol. The quantitative estimate of drug-likeness (QED) is 0.914. The van der Waals surface area contributed by atoms with Crippen molar-refractivity contribution in [1.82, 2.24) is 10.2 Å². The minimum absolute atomic E-state index is 0.0465. The third kappa shape index (κ3) is 4.12. The number of carbonyl (C=O) groups excluding carboxylic acids is 2. The Labute approximate surface area is 149 Å². The van der Waals surface area contributed by atoms with Gasteiger partial charge < -0.3 is 19.9 Å². The zero-order valence-corrected chi connectivity index (χ0v) is 15.3. The monoisotopic (exact) mass is 345 g/mol. The number of anilines is 1. The topological polar surface area (TPSA) is 61.9 Å². The second-order valence-corrected chi connectivity index (χ2v) is 7.37. The number of urea groups is 1. The van der Waals surface area contributed by atoms with E-state index in [1.807, 2.05) is 32.9 Å². The van der Waals surface area contributed by atoms with Gasteiger partial charge in [-0.25, -0.2) is 4.79 Å². The van der Waals surface area contributed by atoms with Gasteiger partial charge in [-0.15, -0.1) is 0 Å². The molecule has 0 saturated carbocycles. The van der Waals surface area contributed by atoms with Gasteiger partial charge >= 0.3 is 6.03 Å². The van der Waals surface area contributed by atoms with Gasteiger partial charge in [-0.2, -0.15) is 0 Å². The molecular formula is C19H27N3O3. The lowest BCUT2D eigenvalue weighted by Gasteiger charge is -2.35. The molecule has 2 fully saturated rings. The van der Waals surface area contributed by atoms with Gasteiger partial charge in [-0.1, -0.05) is 6.07 Å². The van der Waals surface area contributed by atoms with Crippen LogP contribution in [0.5, 0.6) is 0 Å². The average Bonchev–Trinajstić information content (AvgIpc) is 2.98. The Hall–Kier alpha value is -2.08. The molecule has 0 aromatic heterocycles. The maximum absolute atomic E-state index is 12.5. The molecule has 0 bridgehead atoms. The van der Waals surface area contributed by atoms with Gasteiger partial charge in [0.15, 0.2) is 0 Å². The van der Waals surface area contributed by atoms with E-state index in [2.05, 4.69) is 11.4 Å². The minimum atomic E-state index is -0.277. The first-order valence-electron chi connectivity index (χ1n) is 8.92. The Morgan fingerprint density at radius 3 is 2.56 bits per heavy atom. The number of hydrogen-bond donors (Lipinski definition) is 1. The Morgan fingerprint density at radius 1 is 1.24 bits per heavy atom. The zero-order valence-electron chi connectivity index (χ0n) is 15.3. The molecule has 2 aliphatic rings. The lowest BCUT2D eigenvalue weighted by Crippen LogP contribution is -2.56. The Kier molecular flexibility index (Phi) is 4.99. The van der Waals surface area contributed by atoms with Crippen LogP contribution in [0.1, 0.15) is 30.9 Å². The van der Waals surface area contributed by atoms with E-state index in [-0.39, 0.29) is 24.1 Å². The number of rotatable bonds is 3. The number of nitrogens with zero attached hydrogens (tertiary/aromatic N) is 2. The number of ether oxygens (including phenoxy) is 1. The summed E-state index contributed by atoms with van der Waals surface area (Å²) in [5.74, 6) is -0.0465. The van der Waals surface area contributed by atoms with Crippen LogP contribution in [0.2, 0.25) is 0 Å². The molecule has 6 heteroatoms. The molecule has 2 saturated heterocycles. The maximum Gasteiger partial charge on any atom is 0.318 e. The zero-order chi connectivity index (χ0) is 18.0. The minimum Gasteiger partial charge on any atom is -0.373 e. The van der Waals surface area contributed by atoms with E-state index in [4.69, 9.17) is 4.74 Å². The van der Waals surface area contributed by atoms with Crippen molar-refractivity contribution in [3.63, 3.8) is 0 Å². The van der Waals surface area contributed by atoms with Crippen LogP contribution < -0.4 is 10.2 Å². The molecule has 3 rings (SSSR count). The molecule has 2 aliphatic heterocycles. The van der Waals surface area contributed by atoms with E-state index in [0.717, 1.165) is 36.3 Å². The highest BCUT2D eigenvalue weighted by Crippen LogP contribution is 2.24. The molecule has 2 heterocycles. The fourth-order valence-corrected chi connectivity index (χ4v) is 3.58. The van der Waals surface area contributed by atoms with Crippen LogP contribution in [0.25, 0.3) is 0 Å². The largest absolute Gasteiger partial charge is 0.373 e. The number of nitrogens with one attached hydrogen (secondary N) is 1. The van der Waals surface area contributed by atoms with E-state index in [0.29, 0.717) is 19.6 Å². The highest BCUT2D eigenvalue weighted by atomic mass is 16.5. The first-order valence-corrected chi connectivity index (χ1v) is 8.92. The highest BCUT2D eigenvalue weighted by Gasteiger charge is 2.32. The standard InChI is InChI=1S/C19H27N3O3/c1-14-9-15(2)11-16(10-14)22-7-6-21(12-17(22)23)18(24)20-13-19(3)5-4-8-25-19/h9-11H,4-8,12-13H2,1-3H3,(H,20,24)/t19-/m1/s1. The van der Waals surface area contributed by atoms with Crippen molar-refractivity contribution < 1.29 is 14.3 Å². The molecule has 1 aromatic rings. The number of benzene rings is 1. The third-order valence-electron chi connectivity index (χ3n) is 4.94. The third-order valence-corrected chi connectivity index (χ3v) is 4.94. The molecule has 1 N–H and O–H groups in total. The Morgan fingerprint density at radius 2 is 1.96 bits per heavy atom. The van der Waals surface area contributed by atoms with Crippen molar-refractivity contribution in [3.8, 4) is 0 Å². The maximum atomic E-state index is 12.5. The summed E-state index contributed by atoms with van der Waals surface area (Å²) >= 11 is 0. The van der Waals surface area contributed by atoms with Crippen LogP contribution in [0.3, 0.4) is 0 Å². The van der Waals surface area contributed by atoms with Crippen molar-refractivity contribution in [2.75, 3.05) is 37.7 Å². The molecular weight excluding hydrogens is 318 g/mol. The summed E-state index contributed by atoms with van der Waals surface area (Å²) in [6.45, 7) is 8.45. The molecule has 6 nitrogen and oxygen atoms in total. The van der Waals surface area contributed by atoms with E-state index in [9.17, 15) is 9.59 Å². The number of carbonyl (C=O) groups is 2. The van der Waals surface area contributed by atoms with Crippen LogP contribution in [-0.2, 0) is 9.53 Å². The number of aryl methyl sites for hydroxylation is 2. The van der Waals surface area contributed by atoms with Gasteiger partial charge in [0, 0.05) is 31.9 Å². The lowest BCUT2D eigenvalue weighted by molar-refractivity contribution is -0.120. The smallest absolute Gasteiger partial charge is 0.318 e. The summed E-state index contributed by atoms with van der Waals surface area (Å²) in [5, 5.41) is 2.92. The van der Waals surface area contributed by atoms with Crippen LogP contribution in [0, 0.1) is 13.8 Å². The molecule has 0 radical (unpaired) electrons. The predicted molar refractivity (Wildman–Crippen MR) is 96.8 cm³/mol. The molecule has 1 aromatic carbocycles. The summed E-state index contributed by atoms with van der Waals surface area (Å²) in [6.07, 6.45) is 1.98. The summed E-state index contributed by atoms with van der Waals surface area (Å²) in [4.78, 5) is 28.3. The van der Waals surface area contributed by atoms with Crippen molar-refractivity contribution in [2.45, 2.75) is 39.2 Å². The van der Waals surface area contributed by atoms with Crippen molar-refractivity contribution >= 4 is 17.6 Å². The van der Waals surface area contributed by atoms with E-state index < -0.39 is 0 Å². The van der Waals surface area contributed by atoms with E-state index in [1.165, 1.54) is 0 Å². The van der Waals surface area contributed by atoms with Gasteiger partial charge in [-0.3, -0.25) is 4.79 Å². The number of hydrogen-bond acceptors (Lipinski definition) is 3. The van der Waals surface area contributed by atoms with Crippen LogP contribution in [0.15, 0.2) is 18.2 Å². The van der Waals surface area contributed by atoms with Crippen molar-refractivity contribution in [1.29, 1.82) is 0 Å². The normalized spacial score (nSPS) is 23.9. The first-order chi connectivity index (χ1) is 11.9. The summed E-state index contributed by atoms with van der Waals surface area (Å²) < 4.78 is 5.69. The Balaban J connectivity index is 1.57.